The number of aromatic nitrogens is 1. The van der Waals surface area contributed by atoms with Crippen LogP contribution in [0.2, 0.25) is 0 Å². The van der Waals surface area contributed by atoms with Crippen LogP contribution in [0.25, 0.3) is 0 Å². The zero-order valence-corrected chi connectivity index (χ0v) is 14.6. The molecule has 6 heteroatoms. The second-order valence-electron chi connectivity index (χ2n) is 3.89. The minimum atomic E-state index is -1.13. The molecule has 5 nitrogen and oxygen atoms in total. The smallest absolute Gasteiger partial charge is 0.548 e. The Morgan fingerprint density at radius 3 is 2.25 bits per heavy atom. The maximum atomic E-state index is 11.1. The fourth-order valence-corrected chi connectivity index (χ4v) is 1.74. The summed E-state index contributed by atoms with van der Waals surface area (Å²) in [6.45, 7) is 1.58. The van der Waals surface area contributed by atoms with Gasteiger partial charge in [0, 0.05) is 11.9 Å². The number of aliphatic carboxylic acids is 1. The van der Waals surface area contributed by atoms with Gasteiger partial charge in [0.2, 0.25) is 0 Å². The van der Waals surface area contributed by atoms with Crippen molar-refractivity contribution in [2.75, 3.05) is 4.90 Å². The number of benzene rings is 1. The molecule has 100 valence electrons. The van der Waals surface area contributed by atoms with Crippen LogP contribution in [0.3, 0.4) is 0 Å². The SMILES string of the molecule is CC(C(=O)[O-])N(c1ccccc1)c1ccccn1.O.[K+]. The molecule has 2 rings (SSSR count). The minimum Gasteiger partial charge on any atom is -0.548 e. The van der Waals surface area contributed by atoms with Gasteiger partial charge >= 0.3 is 51.4 Å². The number of carboxylic acid groups (broad SMARTS) is 1. The van der Waals surface area contributed by atoms with E-state index in [0.717, 1.165) is 5.69 Å². The van der Waals surface area contributed by atoms with Crippen molar-refractivity contribution >= 4 is 17.5 Å². The first-order valence-electron chi connectivity index (χ1n) is 5.66. The zero-order chi connectivity index (χ0) is 13.0. The van der Waals surface area contributed by atoms with Crippen molar-refractivity contribution in [3.63, 3.8) is 0 Å². The quantitative estimate of drug-likeness (QED) is 0.586. The number of hydrogen-bond acceptors (Lipinski definition) is 4. The Labute approximate surface area is 160 Å². The van der Waals surface area contributed by atoms with Gasteiger partial charge in [-0.3, -0.25) is 0 Å². The van der Waals surface area contributed by atoms with Crippen LogP contribution in [0.5, 0.6) is 0 Å². The normalized spacial score (nSPS) is 10.7. The molecule has 0 spiro atoms. The number of anilines is 2. The van der Waals surface area contributed by atoms with E-state index in [1.54, 1.807) is 30.2 Å². The summed E-state index contributed by atoms with van der Waals surface area (Å²) in [5.74, 6) is -0.551. The van der Waals surface area contributed by atoms with Gasteiger partial charge in [-0.15, -0.1) is 0 Å². The van der Waals surface area contributed by atoms with E-state index >= 15 is 0 Å². The molecule has 0 aliphatic heterocycles. The Morgan fingerprint density at radius 1 is 1.15 bits per heavy atom. The van der Waals surface area contributed by atoms with Crippen molar-refractivity contribution in [1.82, 2.24) is 4.98 Å². The number of hydrogen-bond donors (Lipinski definition) is 0. The topological polar surface area (TPSA) is 87.8 Å². The Bertz CT molecular complexity index is 483. The summed E-state index contributed by atoms with van der Waals surface area (Å²) in [5, 5.41) is 11.1. The summed E-state index contributed by atoms with van der Waals surface area (Å²) in [6, 6.07) is 13.9. The summed E-state index contributed by atoms with van der Waals surface area (Å²) < 4.78 is 0. The largest absolute Gasteiger partial charge is 1.00 e. The summed E-state index contributed by atoms with van der Waals surface area (Å²) in [7, 11) is 0. The third-order valence-corrected chi connectivity index (χ3v) is 2.66. The Kier molecular flexibility index (Phi) is 8.87. The van der Waals surface area contributed by atoms with Crippen molar-refractivity contribution in [1.29, 1.82) is 0 Å². The van der Waals surface area contributed by atoms with Gasteiger partial charge in [0.15, 0.2) is 0 Å². The van der Waals surface area contributed by atoms with Crippen LogP contribution in [0.15, 0.2) is 54.7 Å². The van der Waals surface area contributed by atoms with E-state index in [1.807, 2.05) is 36.4 Å². The minimum absolute atomic E-state index is 0. The van der Waals surface area contributed by atoms with Gasteiger partial charge in [0.05, 0.1) is 12.0 Å². The van der Waals surface area contributed by atoms with Crippen molar-refractivity contribution in [3.8, 4) is 0 Å². The molecular weight excluding hydrogens is 283 g/mol. The third-order valence-electron chi connectivity index (χ3n) is 2.66. The molecule has 1 unspecified atom stereocenters. The third kappa shape index (κ3) is 4.66. The average molecular weight is 298 g/mol. The van der Waals surface area contributed by atoms with Gasteiger partial charge in [-0.1, -0.05) is 24.3 Å². The van der Waals surface area contributed by atoms with E-state index in [9.17, 15) is 9.90 Å². The van der Waals surface area contributed by atoms with Crippen LogP contribution in [-0.2, 0) is 4.79 Å². The molecule has 0 aliphatic carbocycles. The molecule has 1 aromatic carbocycles. The van der Waals surface area contributed by atoms with E-state index in [4.69, 9.17) is 0 Å². The molecular formula is C14H15KN2O3. The fourth-order valence-electron chi connectivity index (χ4n) is 1.74. The average Bonchev–Trinajstić information content (AvgIpc) is 2.41. The summed E-state index contributed by atoms with van der Waals surface area (Å²) in [5.41, 5.74) is 0.771. The molecule has 20 heavy (non-hydrogen) atoms. The number of carbonyl (C=O) groups is 1. The number of para-hydroxylation sites is 1. The van der Waals surface area contributed by atoms with Crippen molar-refractivity contribution in [2.45, 2.75) is 13.0 Å². The molecule has 0 fully saturated rings. The molecule has 0 saturated heterocycles. The second-order valence-corrected chi connectivity index (χ2v) is 3.89. The molecule has 0 radical (unpaired) electrons. The van der Waals surface area contributed by atoms with E-state index < -0.39 is 12.0 Å². The van der Waals surface area contributed by atoms with Crippen LogP contribution >= 0.6 is 0 Å². The number of nitrogens with zero attached hydrogens (tertiary/aromatic N) is 2. The van der Waals surface area contributed by atoms with Crippen LogP contribution in [-0.4, -0.2) is 22.5 Å². The van der Waals surface area contributed by atoms with Gasteiger partial charge in [-0.2, -0.15) is 0 Å². The second kappa shape index (κ2) is 9.22. The maximum Gasteiger partial charge on any atom is 1.00 e. The van der Waals surface area contributed by atoms with Crippen LogP contribution in [0, 0.1) is 0 Å². The monoisotopic (exact) mass is 298 g/mol. The number of pyridine rings is 1. The fraction of sp³-hybridized carbons (Fsp3) is 0.143. The molecule has 0 saturated carbocycles. The molecule has 1 heterocycles. The first-order valence-corrected chi connectivity index (χ1v) is 5.66. The molecule has 1 aromatic heterocycles. The summed E-state index contributed by atoms with van der Waals surface area (Å²) in [4.78, 5) is 16.9. The van der Waals surface area contributed by atoms with Gasteiger partial charge in [-0.05, 0) is 31.2 Å². The van der Waals surface area contributed by atoms with Crippen LogP contribution in [0.4, 0.5) is 11.5 Å². The number of carboxylic acids is 1. The Balaban J connectivity index is 0.00000180. The predicted molar refractivity (Wildman–Crippen MR) is 70.9 cm³/mol. The van der Waals surface area contributed by atoms with Gasteiger partial charge in [-0.25, -0.2) is 4.98 Å². The molecule has 0 amide bonds. The van der Waals surface area contributed by atoms with Gasteiger partial charge in [0.25, 0.3) is 0 Å². The van der Waals surface area contributed by atoms with Crippen molar-refractivity contribution in [2.24, 2.45) is 0 Å². The molecule has 0 aliphatic rings. The van der Waals surface area contributed by atoms with E-state index in [-0.39, 0.29) is 56.9 Å². The first kappa shape index (κ1) is 19.2. The molecule has 1 atom stereocenters. The van der Waals surface area contributed by atoms with Gasteiger partial charge in [0.1, 0.15) is 5.82 Å². The predicted octanol–water partition coefficient (Wildman–Crippen LogP) is -2.46. The van der Waals surface area contributed by atoms with E-state index in [2.05, 4.69) is 4.98 Å². The summed E-state index contributed by atoms with van der Waals surface area (Å²) >= 11 is 0. The van der Waals surface area contributed by atoms with Crippen LogP contribution < -0.4 is 61.4 Å². The van der Waals surface area contributed by atoms with Crippen LogP contribution in [0.1, 0.15) is 6.92 Å². The van der Waals surface area contributed by atoms with E-state index in [0.29, 0.717) is 5.82 Å². The Hall–Kier alpha value is -0.764. The molecule has 0 bridgehead atoms. The van der Waals surface area contributed by atoms with Crippen molar-refractivity contribution in [3.05, 3.63) is 54.7 Å². The maximum absolute atomic E-state index is 11.1. The zero-order valence-electron chi connectivity index (χ0n) is 11.5. The van der Waals surface area contributed by atoms with Crippen molar-refractivity contribution < 1.29 is 66.8 Å². The molecule has 2 N–H and O–H groups in total. The Morgan fingerprint density at radius 2 is 1.75 bits per heavy atom. The molecule has 2 aromatic rings. The van der Waals surface area contributed by atoms with E-state index in [1.165, 1.54) is 0 Å². The van der Waals surface area contributed by atoms with Gasteiger partial charge < -0.3 is 20.3 Å². The standard InChI is InChI=1S/C14H14N2O2.K.H2O/c1-11(14(17)18)16(12-7-3-2-4-8-12)13-9-5-6-10-15-13;;/h2-11H,1H3,(H,17,18);;1H2/q;+1;/p-1. The number of rotatable bonds is 4. The summed E-state index contributed by atoms with van der Waals surface area (Å²) in [6.07, 6.45) is 1.63. The number of carbonyl (C=O) groups excluding carboxylic acids is 1. The first-order chi connectivity index (χ1) is 8.70.